The molecule has 0 saturated carbocycles. The number of rotatable bonds is 6. The molecule has 1 atom stereocenters. The fourth-order valence-corrected chi connectivity index (χ4v) is 4.63. The van der Waals surface area contributed by atoms with Crippen molar-refractivity contribution < 1.29 is 17.5 Å². The Morgan fingerprint density at radius 1 is 1.35 bits per heavy atom. The van der Waals surface area contributed by atoms with E-state index < -0.39 is 11.3 Å². The fraction of sp³-hybridized carbons (Fsp3) is 0.350. The highest BCUT2D eigenvalue weighted by Gasteiger charge is 2.22. The van der Waals surface area contributed by atoms with Crippen LogP contribution in [0, 0.1) is 5.82 Å². The first kappa shape index (κ1) is 20.0. The van der Waals surface area contributed by atoms with Crippen LogP contribution in [-0.2, 0) is 28.4 Å². The van der Waals surface area contributed by atoms with Crippen molar-refractivity contribution in [1.29, 1.82) is 0 Å². The summed E-state index contributed by atoms with van der Waals surface area (Å²) in [6, 6.07) is 3.11. The molecule has 1 aromatic carbocycles. The molecule has 0 bridgehead atoms. The molecule has 1 N–H and O–H groups in total. The lowest BCUT2D eigenvalue weighted by molar-refractivity contribution is 0.356. The molecule has 0 amide bonds. The maximum Gasteiger partial charge on any atom is 0.237 e. The molecule has 1 unspecified atom stereocenters. The Balaban J connectivity index is 1.40. The molecular weight excluding hydrogens is 423 g/mol. The molecule has 31 heavy (non-hydrogen) atoms. The number of hydrogen-bond acceptors (Lipinski definition) is 7. The van der Waals surface area contributed by atoms with Gasteiger partial charge in [-0.1, -0.05) is 6.08 Å². The van der Waals surface area contributed by atoms with E-state index in [0.29, 0.717) is 49.7 Å². The molecule has 0 fully saturated rings. The maximum absolute atomic E-state index is 14.4. The van der Waals surface area contributed by atoms with Crippen LogP contribution in [0.3, 0.4) is 0 Å². The van der Waals surface area contributed by atoms with Crippen LogP contribution in [-0.4, -0.2) is 54.9 Å². The first-order valence-electron chi connectivity index (χ1n) is 9.92. The molecule has 2 aliphatic rings. The molecule has 5 rings (SSSR count). The summed E-state index contributed by atoms with van der Waals surface area (Å²) in [5.41, 5.74) is 4.07. The van der Waals surface area contributed by atoms with Gasteiger partial charge in [0, 0.05) is 48.9 Å². The Bertz CT molecular complexity index is 1200. The molecule has 3 aromatic rings. The van der Waals surface area contributed by atoms with Crippen molar-refractivity contribution in [2.24, 2.45) is 0 Å². The summed E-state index contributed by atoms with van der Waals surface area (Å²) in [5.74, 6) is 1.00. The van der Waals surface area contributed by atoms with Crippen molar-refractivity contribution in [2.45, 2.75) is 19.4 Å². The van der Waals surface area contributed by atoms with E-state index in [4.69, 9.17) is 8.92 Å². The van der Waals surface area contributed by atoms with Gasteiger partial charge in [0.25, 0.3) is 0 Å². The minimum Gasteiger partial charge on any atom is -0.493 e. The summed E-state index contributed by atoms with van der Waals surface area (Å²) in [6.45, 7) is 1.96. The second-order valence-electron chi connectivity index (χ2n) is 7.23. The van der Waals surface area contributed by atoms with Crippen LogP contribution < -0.4 is 10.1 Å². The first-order chi connectivity index (χ1) is 15.2. The average molecular weight is 444 g/mol. The number of fused-ring (bicyclic) bond motifs is 2. The summed E-state index contributed by atoms with van der Waals surface area (Å²) in [4.78, 5) is 4.54. The topological polar surface area (TPSA) is 93.9 Å². The van der Waals surface area contributed by atoms with E-state index in [-0.39, 0.29) is 12.4 Å². The van der Waals surface area contributed by atoms with Crippen LogP contribution in [0.15, 0.2) is 30.7 Å². The van der Waals surface area contributed by atoms with Crippen LogP contribution in [0.4, 0.5) is 10.3 Å². The Hall–Kier alpha value is -2.89. The Kier molecular flexibility index (Phi) is 5.38. The van der Waals surface area contributed by atoms with Crippen molar-refractivity contribution in [2.75, 3.05) is 32.1 Å². The van der Waals surface area contributed by atoms with Gasteiger partial charge in [0.15, 0.2) is 5.65 Å². The molecule has 9 nitrogen and oxygen atoms in total. The lowest BCUT2D eigenvalue weighted by Gasteiger charge is -2.23. The Morgan fingerprint density at radius 3 is 3.06 bits per heavy atom. The summed E-state index contributed by atoms with van der Waals surface area (Å²) in [6.07, 6.45) is 6.71. The average Bonchev–Trinajstić information content (AvgIpc) is 3.48. The third-order valence-corrected chi connectivity index (χ3v) is 6.61. The molecule has 2 aromatic heterocycles. The van der Waals surface area contributed by atoms with E-state index in [1.807, 2.05) is 6.08 Å². The van der Waals surface area contributed by atoms with E-state index >= 15 is 0 Å². The van der Waals surface area contributed by atoms with Gasteiger partial charge in [-0.25, -0.2) is 13.6 Å². The highest BCUT2D eigenvalue weighted by Crippen LogP contribution is 2.31. The molecular formula is C20H21FN6O3S. The zero-order chi connectivity index (χ0) is 21.4. The maximum atomic E-state index is 14.4. The van der Waals surface area contributed by atoms with Gasteiger partial charge in [0.1, 0.15) is 17.9 Å². The lowest BCUT2D eigenvalue weighted by Crippen LogP contribution is -2.31. The van der Waals surface area contributed by atoms with E-state index in [1.54, 1.807) is 27.3 Å². The van der Waals surface area contributed by atoms with E-state index in [9.17, 15) is 8.60 Å². The molecule has 2 aliphatic heterocycles. The minimum absolute atomic E-state index is 0.265. The van der Waals surface area contributed by atoms with Gasteiger partial charge < -0.3 is 10.1 Å². The van der Waals surface area contributed by atoms with Crippen LogP contribution in [0.5, 0.6) is 5.75 Å². The third-order valence-electron chi connectivity index (χ3n) is 5.57. The van der Waals surface area contributed by atoms with Gasteiger partial charge in [-0.15, -0.1) is 10.2 Å². The van der Waals surface area contributed by atoms with E-state index in [1.165, 1.54) is 13.2 Å². The van der Waals surface area contributed by atoms with Crippen molar-refractivity contribution >= 4 is 28.4 Å². The number of hydrogen-bond donors (Lipinski definition) is 1. The predicted molar refractivity (Wildman–Crippen MR) is 113 cm³/mol. The van der Waals surface area contributed by atoms with Gasteiger partial charge in [0.2, 0.25) is 17.2 Å². The van der Waals surface area contributed by atoms with Crippen molar-refractivity contribution in [3.8, 4) is 5.75 Å². The summed E-state index contributed by atoms with van der Waals surface area (Å²) in [7, 11) is 1.42. The number of benzene rings is 1. The van der Waals surface area contributed by atoms with Crippen LogP contribution in [0.2, 0.25) is 0 Å². The first-order valence-corrected chi connectivity index (χ1v) is 10.9. The standard InChI is InChI=1S/C20H21FN6O3S/c1-29-31(28)26-7-4-13(5-8-26)15-10-22-20(27-12-24-25-19(15)27)23-11-16-14-6-9-30-18(14)3-2-17(16)21/h2-4,10,12H,5-9,11H2,1H3,(H,22,23). The quantitative estimate of drug-likeness (QED) is 0.622. The predicted octanol–water partition coefficient (Wildman–Crippen LogP) is 2.12. The van der Waals surface area contributed by atoms with Crippen molar-refractivity contribution in [3.63, 3.8) is 0 Å². The highest BCUT2D eigenvalue weighted by atomic mass is 32.2. The highest BCUT2D eigenvalue weighted by molar-refractivity contribution is 7.77. The number of nitrogens with one attached hydrogen (secondary N) is 1. The molecule has 11 heteroatoms. The zero-order valence-electron chi connectivity index (χ0n) is 16.9. The summed E-state index contributed by atoms with van der Waals surface area (Å²) >= 11 is -1.44. The monoisotopic (exact) mass is 444 g/mol. The molecule has 0 radical (unpaired) electrons. The number of aromatic nitrogens is 4. The Morgan fingerprint density at radius 2 is 2.26 bits per heavy atom. The van der Waals surface area contributed by atoms with Gasteiger partial charge >= 0.3 is 0 Å². The lowest BCUT2D eigenvalue weighted by atomic mass is 10.0. The SMILES string of the molecule is COS(=O)N1CC=C(c2cnc(NCc3c(F)ccc4c3CCO4)n3cnnc23)CC1. The van der Waals surface area contributed by atoms with E-state index in [2.05, 4.69) is 20.5 Å². The fourth-order valence-electron chi connectivity index (χ4n) is 3.99. The molecule has 4 heterocycles. The van der Waals surface area contributed by atoms with Gasteiger partial charge in [-0.3, -0.25) is 8.58 Å². The summed E-state index contributed by atoms with van der Waals surface area (Å²) < 4.78 is 40.2. The van der Waals surface area contributed by atoms with E-state index in [0.717, 1.165) is 22.4 Å². The molecule has 162 valence electrons. The van der Waals surface area contributed by atoms with Crippen LogP contribution in [0.1, 0.15) is 23.1 Å². The van der Waals surface area contributed by atoms with Gasteiger partial charge in [0.05, 0.1) is 13.7 Å². The smallest absolute Gasteiger partial charge is 0.237 e. The second-order valence-corrected chi connectivity index (χ2v) is 8.51. The number of halogens is 1. The molecule has 0 spiro atoms. The summed E-state index contributed by atoms with van der Waals surface area (Å²) in [5, 5.41) is 11.5. The van der Waals surface area contributed by atoms with Crippen molar-refractivity contribution in [3.05, 3.63) is 53.2 Å². The van der Waals surface area contributed by atoms with Gasteiger partial charge in [-0.05, 0) is 24.1 Å². The van der Waals surface area contributed by atoms with Crippen molar-refractivity contribution in [1.82, 2.24) is 23.9 Å². The number of ether oxygens (including phenoxy) is 1. The third kappa shape index (κ3) is 3.68. The second kappa shape index (κ2) is 8.33. The molecule has 0 saturated heterocycles. The molecule has 0 aliphatic carbocycles. The number of anilines is 1. The normalized spacial score (nSPS) is 17.3. The largest absolute Gasteiger partial charge is 0.493 e. The Labute approximate surface area is 180 Å². The number of nitrogens with zero attached hydrogens (tertiary/aromatic N) is 5. The van der Waals surface area contributed by atoms with Gasteiger partial charge in [-0.2, -0.15) is 4.31 Å². The minimum atomic E-state index is -1.44. The zero-order valence-corrected chi connectivity index (χ0v) is 17.7. The van der Waals surface area contributed by atoms with Crippen LogP contribution >= 0.6 is 0 Å². The van der Waals surface area contributed by atoms with Crippen LogP contribution in [0.25, 0.3) is 11.2 Å².